The third-order valence-electron chi connectivity index (χ3n) is 13.0. The Morgan fingerprint density at radius 2 is 0.667 bits per heavy atom. The van der Waals surface area contributed by atoms with Gasteiger partial charge in [-0.1, -0.05) is 221 Å². The van der Waals surface area contributed by atoms with E-state index in [4.69, 9.17) is 23.3 Å². The van der Waals surface area contributed by atoms with E-state index in [0.29, 0.717) is 19.3 Å². The molecule has 0 amide bonds. The molecular weight excluding hydrogens is 1000 g/mol. The van der Waals surface area contributed by atoms with Crippen molar-refractivity contribution < 1.29 is 52.2 Å². The zero-order valence-corrected chi connectivity index (χ0v) is 50.5. The molecule has 0 aromatic rings. The highest BCUT2D eigenvalue weighted by Gasteiger charge is 2.28. The molecule has 11 nitrogen and oxygen atoms in total. The van der Waals surface area contributed by atoms with Crippen molar-refractivity contribution in [3.63, 3.8) is 0 Å². The third-order valence-corrected chi connectivity index (χ3v) is 13.9. The molecule has 78 heavy (non-hydrogen) atoms. The van der Waals surface area contributed by atoms with Crippen molar-refractivity contribution in [2.24, 2.45) is 0 Å². The topological polar surface area (TPSA) is 155 Å². The first kappa shape index (κ1) is 74.4. The number of carbonyl (C=O) groups is 3. The molecule has 448 valence electrons. The first-order chi connectivity index (χ1) is 38.2. The largest absolute Gasteiger partial charge is 0.472 e. The maximum Gasteiger partial charge on any atom is 0.472 e. The van der Waals surface area contributed by atoms with Crippen LogP contribution in [-0.4, -0.2) is 66.5 Å². The van der Waals surface area contributed by atoms with E-state index in [1.54, 1.807) is 0 Å². The van der Waals surface area contributed by atoms with E-state index in [0.717, 1.165) is 154 Å². The van der Waals surface area contributed by atoms with Crippen LogP contribution in [0.25, 0.3) is 0 Å². The van der Waals surface area contributed by atoms with Crippen LogP contribution in [0.4, 0.5) is 0 Å². The Kier molecular flexibility index (Phi) is 56.8. The molecule has 3 atom stereocenters. The standard InChI is InChI=1S/C66H113O11P/c1-4-7-10-13-16-19-22-25-27-29-31-33-35-38-41-44-47-50-53-56-65(69)76-62(58-67)60-74-78(71,72)75-61-63(59-73-64(68)55-52-49-46-43-40-37-24-21-18-15-12-9-6-3)77-66(70)57-54-51-48-45-42-39-36-34-32-30-28-26-23-20-17-14-11-8-5-2/h8,11,16-17,19-21,24-28,31-34,62-63,67H,4-7,9-10,12-15,18,22-23,29-30,35-61H2,1-3H3,(H,71,72)/b11-8-,19-16-,20-17-,24-21-,27-25-,28-26-,33-31-,34-32-. The summed E-state index contributed by atoms with van der Waals surface area (Å²) in [5, 5.41) is 9.85. The molecule has 0 heterocycles. The minimum Gasteiger partial charge on any atom is -0.462 e. The van der Waals surface area contributed by atoms with Crippen molar-refractivity contribution in [3.8, 4) is 0 Å². The highest BCUT2D eigenvalue weighted by molar-refractivity contribution is 7.47. The molecule has 12 heteroatoms. The highest BCUT2D eigenvalue weighted by Crippen LogP contribution is 2.43. The SMILES string of the molecule is CC/C=C\C/C=C\C/C=C\C/C=C\CCCCCCCCC(=O)OC(COC(=O)CCCCCCC/C=C\CCCCCC)COP(=O)(O)OCC(CO)OC(=O)CCCCCCCC/C=C\C/C=C\C/C=C\CCCCC. The molecule has 0 fully saturated rings. The third kappa shape index (κ3) is 57.1. The van der Waals surface area contributed by atoms with Crippen LogP contribution in [0.15, 0.2) is 97.2 Å². The Morgan fingerprint density at radius 1 is 0.372 bits per heavy atom. The molecular formula is C66H113O11P. The molecule has 2 N–H and O–H groups in total. The van der Waals surface area contributed by atoms with E-state index in [9.17, 15) is 28.9 Å². The molecule has 0 aliphatic heterocycles. The van der Waals surface area contributed by atoms with E-state index in [2.05, 4.69) is 118 Å². The minimum absolute atomic E-state index is 0.145. The van der Waals surface area contributed by atoms with Gasteiger partial charge in [-0.2, -0.15) is 0 Å². The van der Waals surface area contributed by atoms with Gasteiger partial charge in [-0.3, -0.25) is 23.4 Å². The quantitative estimate of drug-likeness (QED) is 0.0197. The fourth-order valence-corrected chi connectivity index (χ4v) is 9.01. The second-order valence-electron chi connectivity index (χ2n) is 20.5. The smallest absolute Gasteiger partial charge is 0.462 e. The Labute approximate surface area is 476 Å². The molecule has 0 aliphatic carbocycles. The lowest BCUT2D eigenvalue weighted by Crippen LogP contribution is -2.30. The summed E-state index contributed by atoms with van der Waals surface area (Å²) >= 11 is 0. The molecule has 0 rings (SSSR count). The van der Waals surface area contributed by atoms with Gasteiger partial charge in [0.2, 0.25) is 0 Å². The normalized spacial score (nSPS) is 14.0. The van der Waals surface area contributed by atoms with Crippen LogP contribution in [-0.2, 0) is 42.2 Å². The molecule has 0 saturated carbocycles. The predicted molar refractivity (Wildman–Crippen MR) is 325 cm³/mol. The Hall–Kier alpha value is -3.60. The fourth-order valence-electron chi connectivity index (χ4n) is 8.23. The number of phosphoric acid groups is 1. The average Bonchev–Trinajstić information content (AvgIpc) is 3.43. The summed E-state index contributed by atoms with van der Waals surface area (Å²) in [6, 6.07) is 0. The van der Waals surface area contributed by atoms with Crippen LogP contribution in [0.2, 0.25) is 0 Å². The van der Waals surface area contributed by atoms with Crippen LogP contribution in [0, 0.1) is 0 Å². The van der Waals surface area contributed by atoms with Gasteiger partial charge >= 0.3 is 25.7 Å². The molecule has 0 spiro atoms. The van der Waals surface area contributed by atoms with Crippen molar-refractivity contribution in [3.05, 3.63) is 97.2 Å². The second-order valence-corrected chi connectivity index (χ2v) is 21.9. The summed E-state index contributed by atoms with van der Waals surface area (Å²) in [6.07, 6.45) is 70.7. The number of phosphoric ester groups is 1. The number of aliphatic hydroxyl groups is 1. The van der Waals surface area contributed by atoms with Gasteiger partial charge in [0.25, 0.3) is 0 Å². The van der Waals surface area contributed by atoms with Gasteiger partial charge in [0.1, 0.15) is 12.7 Å². The zero-order chi connectivity index (χ0) is 56.9. The van der Waals surface area contributed by atoms with Gasteiger partial charge in [0, 0.05) is 19.3 Å². The number of allylic oxidation sites excluding steroid dienone is 16. The minimum atomic E-state index is -4.77. The number of ether oxygens (including phenoxy) is 3. The predicted octanol–water partition coefficient (Wildman–Crippen LogP) is 18.8. The van der Waals surface area contributed by atoms with Crippen LogP contribution in [0.5, 0.6) is 0 Å². The average molecular weight is 1110 g/mol. The maximum atomic E-state index is 12.9. The summed E-state index contributed by atoms with van der Waals surface area (Å²) in [4.78, 5) is 48.7. The summed E-state index contributed by atoms with van der Waals surface area (Å²) in [5.74, 6) is -1.50. The number of carbonyl (C=O) groups excluding carboxylic acids is 3. The number of hydrogen-bond donors (Lipinski definition) is 2. The number of hydrogen-bond acceptors (Lipinski definition) is 10. The van der Waals surface area contributed by atoms with Crippen molar-refractivity contribution in [1.82, 2.24) is 0 Å². The lowest BCUT2D eigenvalue weighted by Gasteiger charge is -2.21. The monoisotopic (exact) mass is 1110 g/mol. The van der Waals surface area contributed by atoms with Gasteiger partial charge in [0.05, 0.1) is 19.8 Å². The van der Waals surface area contributed by atoms with Crippen LogP contribution in [0.3, 0.4) is 0 Å². The number of aliphatic hydroxyl groups excluding tert-OH is 1. The summed E-state index contributed by atoms with van der Waals surface area (Å²) in [5.41, 5.74) is 0. The number of esters is 3. The van der Waals surface area contributed by atoms with E-state index in [1.807, 2.05) is 0 Å². The molecule has 0 aromatic carbocycles. The Morgan fingerprint density at radius 3 is 1.06 bits per heavy atom. The van der Waals surface area contributed by atoms with Gasteiger partial charge in [-0.25, -0.2) is 4.57 Å². The van der Waals surface area contributed by atoms with Gasteiger partial charge in [-0.05, 0) is 122 Å². The molecule has 0 aliphatic rings. The van der Waals surface area contributed by atoms with Gasteiger partial charge < -0.3 is 24.2 Å². The van der Waals surface area contributed by atoms with Gasteiger partial charge in [0.15, 0.2) is 6.10 Å². The van der Waals surface area contributed by atoms with E-state index < -0.39 is 57.8 Å². The van der Waals surface area contributed by atoms with Crippen LogP contribution >= 0.6 is 7.82 Å². The number of unbranched alkanes of at least 4 members (excludes halogenated alkanes) is 24. The summed E-state index contributed by atoms with van der Waals surface area (Å²) in [7, 11) is -4.77. The summed E-state index contributed by atoms with van der Waals surface area (Å²) in [6.45, 7) is 4.46. The van der Waals surface area contributed by atoms with E-state index in [-0.39, 0.29) is 25.9 Å². The molecule has 0 aromatic heterocycles. The van der Waals surface area contributed by atoms with Crippen molar-refractivity contribution in [2.75, 3.05) is 26.4 Å². The Bertz CT molecular complexity index is 1680. The fraction of sp³-hybridized carbons (Fsp3) is 0.712. The first-order valence-electron chi connectivity index (χ1n) is 31.1. The van der Waals surface area contributed by atoms with Crippen LogP contribution in [0.1, 0.15) is 265 Å². The lowest BCUT2D eigenvalue weighted by atomic mass is 10.1. The highest BCUT2D eigenvalue weighted by atomic mass is 31.2. The number of rotatable bonds is 57. The molecule has 0 bridgehead atoms. The maximum absolute atomic E-state index is 12.9. The van der Waals surface area contributed by atoms with Crippen LogP contribution < -0.4 is 0 Å². The molecule has 0 radical (unpaired) electrons. The Balaban J connectivity index is 4.72. The van der Waals surface area contributed by atoms with E-state index in [1.165, 1.54) is 51.4 Å². The lowest BCUT2D eigenvalue weighted by molar-refractivity contribution is -0.161. The van der Waals surface area contributed by atoms with Crippen molar-refractivity contribution >= 4 is 25.7 Å². The summed E-state index contributed by atoms with van der Waals surface area (Å²) < 4.78 is 39.6. The second kappa shape index (κ2) is 59.5. The molecule has 3 unspecified atom stereocenters. The first-order valence-corrected chi connectivity index (χ1v) is 32.6. The van der Waals surface area contributed by atoms with Gasteiger partial charge in [-0.15, -0.1) is 0 Å². The van der Waals surface area contributed by atoms with E-state index >= 15 is 0 Å². The molecule has 0 saturated heterocycles. The van der Waals surface area contributed by atoms with Crippen molar-refractivity contribution in [1.29, 1.82) is 0 Å². The van der Waals surface area contributed by atoms with Crippen molar-refractivity contribution in [2.45, 2.75) is 277 Å². The zero-order valence-electron chi connectivity index (χ0n) is 49.6.